The maximum atomic E-state index is 12.5. The van der Waals surface area contributed by atoms with E-state index < -0.39 is 5.97 Å². The van der Waals surface area contributed by atoms with Crippen molar-refractivity contribution in [2.75, 3.05) is 38.3 Å². The van der Waals surface area contributed by atoms with Crippen molar-refractivity contribution in [2.24, 2.45) is 0 Å². The van der Waals surface area contributed by atoms with E-state index in [1.54, 1.807) is 32.2 Å². The van der Waals surface area contributed by atoms with Gasteiger partial charge in [-0.05, 0) is 43.9 Å². The third-order valence-corrected chi connectivity index (χ3v) is 6.91. The molecular weight excluding hydrogens is 460 g/mol. The van der Waals surface area contributed by atoms with Crippen LogP contribution in [0.2, 0.25) is 0 Å². The van der Waals surface area contributed by atoms with Crippen molar-refractivity contribution in [2.45, 2.75) is 51.7 Å². The molecule has 1 aliphatic heterocycles. The zero-order chi connectivity index (χ0) is 25.8. The molecular formula is C27H32N4O5. The predicted octanol–water partition coefficient (Wildman–Crippen LogP) is 3.49. The second kappa shape index (κ2) is 11.0. The Kier molecular flexibility index (Phi) is 7.75. The number of piperazine rings is 1. The molecule has 0 radical (unpaired) electrons. The first-order valence-corrected chi connectivity index (χ1v) is 12.3. The second-order valence-electron chi connectivity index (χ2n) is 9.44. The van der Waals surface area contributed by atoms with E-state index in [0.29, 0.717) is 55.4 Å². The fourth-order valence-corrected chi connectivity index (χ4v) is 4.67. The molecule has 0 unspecified atom stereocenters. The van der Waals surface area contributed by atoms with Gasteiger partial charge >= 0.3 is 5.97 Å². The zero-order valence-corrected chi connectivity index (χ0v) is 21.0. The van der Waals surface area contributed by atoms with Crippen LogP contribution in [0.15, 0.2) is 24.3 Å². The minimum absolute atomic E-state index is 0.0127. The summed E-state index contributed by atoms with van der Waals surface area (Å²) in [4.78, 5) is 32.9. The highest BCUT2D eigenvalue weighted by Gasteiger charge is 2.33. The van der Waals surface area contributed by atoms with E-state index in [1.807, 2.05) is 17.9 Å². The van der Waals surface area contributed by atoms with Gasteiger partial charge in [-0.25, -0.2) is 9.78 Å². The van der Waals surface area contributed by atoms with Crippen molar-refractivity contribution >= 4 is 17.7 Å². The molecule has 0 spiro atoms. The van der Waals surface area contributed by atoms with Gasteiger partial charge in [0.1, 0.15) is 24.2 Å². The van der Waals surface area contributed by atoms with Gasteiger partial charge in [0.25, 0.3) is 0 Å². The first kappa shape index (κ1) is 25.5. The fourth-order valence-electron chi connectivity index (χ4n) is 4.67. The Morgan fingerprint density at radius 2 is 2.06 bits per heavy atom. The van der Waals surface area contributed by atoms with Gasteiger partial charge in [-0.1, -0.05) is 12.1 Å². The Bertz CT molecular complexity index is 1190. The van der Waals surface area contributed by atoms with Crippen LogP contribution in [0.3, 0.4) is 0 Å². The Morgan fingerprint density at radius 3 is 2.69 bits per heavy atom. The number of carbonyl (C=O) groups is 2. The summed E-state index contributed by atoms with van der Waals surface area (Å²) in [6, 6.07) is 9.15. The van der Waals surface area contributed by atoms with E-state index in [1.165, 1.54) is 0 Å². The second-order valence-corrected chi connectivity index (χ2v) is 9.44. The van der Waals surface area contributed by atoms with Crippen LogP contribution in [-0.2, 0) is 16.1 Å². The molecule has 190 valence electrons. The van der Waals surface area contributed by atoms with Crippen molar-refractivity contribution in [3.8, 4) is 11.8 Å². The Hall–Kier alpha value is -3.64. The van der Waals surface area contributed by atoms with Gasteiger partial charge in [-0.3, -0.25) is 4.79 Å². The highest BCUT2D eigenvalue weighted by molar-refractivity contribution is 5.89. The van der Waals surface area contributed by atoms with Gasteiger partial charge < -0.3 is 24.4 Å². The Balaban J connectivity index is 1.55. The molecule has 1 aromatic heterocycles. The average Bonchev–Trinajstić information content (AvgIpc) is 3.71. The van der Waals surface area contributed by atoms with Crippen molar-refractivity contribution in [3.05, 3.63) is 52.2 Å². The summed E-state index contributed by atoms with van der Waals surface area (Å²) in [7, 11) is 1.59. The number of pyridine rings is 1. The van der Waals surface area contributed by atoms with E-state index in [4.69, 9.17) is 14.5 Å². The van der Waals surface area contributed by atoms with E-state index in [0.717, 1.165) is 24.1 Å². The highest BCUT2D eigenvalue weighted by Crippen LogP contribution is 2.45. The molecule has 2 aliphatic rings. The minimum atomic E-state index is -0.972. The minimum Gasteiger partial charge on any atom is -0.487 e. The third-order valence-electron chi connectivity index (χ3n) is 6.91. The molecule has 9 heteroatoms. The topological polar surface area (TPSA) is 116 Å². The lowest BCUT2D eigenvalue weighted by molar-refractivity contribution is -0.134. The van der Waals surface area contributed by atoms with Crippen molar-refractivity contribution < 1.29 is 24.2 Å². The Morgan fingerprint density at radius 1 is 1.28 bits per heavy atom. The largest absolute Gasteiger partial charge is 0.487 e. The lowest BCUT2D eigenvalue weighted by Crippen LogP contribution is -2.54. The van der Waals surface area contributed by atoms with Crippen molar-refractivity contribution in [1.82, 2.24) is 9.88 Å². The molecule has 1 saturated carbocycles. The molecule has 9 nitrogen and oxygen atoms in total. The summed E-state index contributed by atoms with van der Waals surface area (Å²) in [5.41, 5.74) is 2.95. The number of ether oxygens (including phenoxy) is 2. The molecule has 1 aliphatic carbocycles. The summed E-state index contributed by atoms with van der Waals surface area (Å²) in [5, 5.41) is 19.3. The van der Waals surface area contributed by atoms with Crippen LogP contribution >= 0.6 is 0 Å². The molecule has 1 N–H and O–H groups in total. The first-order chi connectivity index (χ1) is 17.3. The maximum absolute atomic E-state index is 12.5. The summed E-state index contributed by atoms with van der Waals surface area (Å²) in [5.74, 6) is 0.584. The smallest absolute Gasteiger partial charge is 0.335 e. The molecule has 2 aromatic rings. The third kappa shape index (κ3) is 5.44. The highest BCUT2D eigenvalue weighted by atomic mass is 16.5. The van der Waals surface area contributed by atoms with Crippen LogP contribution in [-0.4, -0.2) is 66.3 Å². The number of benzene rings is 1. The van der Waals surface area contributed by atoms with Crippen molar-refractivity contribution in [3.63, 3.8) is 0 Å². The number of nitrogens with zero attached hydrogens (tertiary/aromatic N) is 4. The lowest BCUT2D eigenvalue weighted by atomic mass is 10.0. The quantitative estimate of drug-likeness (QED) is 0.566. The van der Waals surface area contributed by atoms with Gasteiger partial charge in [0.05, 0.1) is 29.8 Å². The van der Waals surface area contributed by atoms with E-state index in [-0.39, 0.29) is 30.0 Å². The lowest BCUT2D eigenvalue weighted by Gasteiger charge is -2.41. The summed E-state index contributed by atoms with van der Waals surface area (Å²) in [6.45, 7) is 6.12. The van der Waals surface area contributed by atoms with Crippen LogP contribution in [0.1, 0.15) is 64.8 Å². The predicted molar refractivity (Wildman–Crippen MR) is 133 cm³/mol. The van der Waals surface area contributed by atoms with Gasteiger partial charge in [0.15, 0.2) is 0 Å². The summed E-state index contributed by atoms with van der Waals surface area (Å²) >= 11 is 0. The molecule has 0 bridgehead atoms. The maximum Gasteiger partial charge on any atom is 0.335 e. The number of carboxylic acid groups (broad SMARTS) is 1. The van der Waals surface area contributed by atoms with Gasteiger partial charge in [0.2, 0.25) is 5.91 Å². The number of carboxylic acids is 1. The molecule has 1 aromatic carbocycles. The zero-order valence-electron chi connectivity index (χ0n) is 21.0. The molecule has 4 rings (SSSR count). The molecule has 2 heterocycles. The number of anilines is 1. The van der Waals surface area contributed by atoms with E-state index in [9.17, 15) is 20.0 Å². The Labute approximate surface area is 211 Å². The SMILES string of the molecule is COCCC(=O)N1CCN(c2nc(C3CC3)c(OCc3cccc(C(=O)O)c3C)cc2C#N)C[C@H]1C. The van der Waals surface area contributed by atoms with E-state index in [2.05, 4.69) is 11.0 Å². The van der Waals surface area contributed by atoms with Gasteiger partial charge in [-0.15, -0.1) is 0 Å². The number of rotatable bonds is 9. The van der Waals surface area contributed by atoms with E-state index >= 15 is 0 Å². The monoisotopic (exact) mass is 492 g/mol. The van der Waals surface area contributed by atoms with Crippen LogP contribution in [0, 0.1) is 18.3 Å². The van der Waals surface area contributed by atoms with Crippen LogP contribution in [0.25, 0.3) is 0 Å². The number of aromatic carboxylic acids is 1. The number of carbonyl (C=O) groups excluding carboxylic acids is 1. The van der Waals surface area contributed by atoms with Crippen LogP contribution in [0.5, 0.6) is 5.75 Å². The number of nitriles is 1. The summed E-state index contributed by atoms with van der Waals surface area (Å²) < 4.78 is 11.2. The number of amides is 1. The molecule has 36 heavy (non-hydrogen) atoms. The normalized spacial score (nSPS) is 17.6. The number of methoxy groups -OCH3 is 1. The van der Waals surface area contributed by atoms with Gasteiger partial charge in [-0.2, -0.15) is 5.26 Å². The number of aromatic nitrogens is 1. The number of hydrogen-bond donors (Lipinski definition) is 1. The first-order valence-electron chi connectivity index (χ1n) is 12.3. The fraction of sp³-hybridized carbons (Fsp3) is 0.481. The molecule has 1 saturated heterocycles. The van der Waals surface area contributed by atoms with Gasteiger partial charge in [0, 0.05) is 44.8 Å². The number of hydrogen-bond acceptors (Lipinski definition) is 7. The molecule has 1 atom stereocenters. The summed E-state index contributed by atoms with van der Waals surface area (Å²) in [6.07, 6.45) is 2.38. The molecule has 2 fully saturated rings. The molecule has 1 amide bonds. The average molecular weight is 493 g/mol. The van der Waals surface area contributed by atoms with Crippen molar-refractivity contribution in [1.29, 1.82) is 5.26 Å². The standard InChI is InChI=1S/C27H32N4O5/c1-17-15-30(10-11-31(17)24(32)9-12-35-3)26-21(14-28)13-23(25(29-26)19-7-8-19)36-16-20-5-4-6-22(18(20)2)27(33)34/h4-6,13,17,19H,7-12,15-16H2,1-3H3,(H,33,34)/t17-/m1/s1. The van der Waals surface area contributed by atoms with Crippen LogP contribution in [0.4, 0.5) is 5.82 Å². The van der Waals surface area contributed by atoms with Crippen LogP contribution < -0.4 is 9.64 Å².